The summed E-state index contributed by atoms with van der Waals surface area (Å²) >= 11 is 0. The largest absolute Gasteiger partial charge is 0.399 e. The third kappa shape index (κ3) is 0.880. The first-order chi connectivity index (χ1) is 4.86. The summed E-state index contributed by atoms with van der Waals surface area (Å²) < 4.78 is 0. The number of benzene rings is 1. The first-order valence-electron chi connectivity index (χ1n) is 3.25. The van der Waals surface area contributed by atoms with Gasteiger partial charge in [-0.2, -0.15) is 0 Å². The highest BCUT2D eigenvalue weighted by Crippen LogP contribution is 2.24. The second-order valence-corrected chi connectivity index (χ2v) is 2.41. The van der Waals surface area contributed by atoms with Crippen LogP contribution >= 0.6 is 0 Å². The molecule has 50 valence electrons. The molecule has 1 aromatic rings. The summed E-state index contributed by atoms with van der Waals surface area (Å²) in [6.45, 7) is 0. The lowest BCUT2D eigenvalue weighted by molar-refractivity contribution is 1.14. The fourth-order valence-corrected chi connectivity index (χ4v) is 0.958. The van der Waals surface area contributed by atoms with Gasteiger partial charge in [-0.05, 0) is 17.7 Å². The Bertz CT molecular complexity index is 272. The van der Waals surface area contributed by atoms with Gasteiger partial charge in [-0.25, -0.2) is 0 Å². The van der Waals surface area contributed by atoms with E-state index < -0.39 is 0 Å². The molecule has 0 aliphatic carbocycles. The number of anilines is 1. The number of hydrogen-bond donors (Lipinski definition) is 1. The molecule has 0 fully saturated rings. The topological polar surface area (TPSA) is 38.4 Å². The van der Waals surface area contributed by atoms with E-state index in [1.54, 1.807) is 0 Å². The van der Waals surface area contributed by atoms with Crippen molar-refractivity contribution in [1.82, 2.24) is 0 Å². The van der Waals surface area contributed by atoms with Crippen molar-refractivity contribution in [2.75, 3.05) is 5.73 Å². The molecule has 1 heterocycles. The van der Waals surface area contributed by atoms with Crippen molar-refractivity contribution in [2.45, 2.75) is 6.04 Å². The van der Waals surface area contributed by atoms with Crippen LogP contribution in [0.5, 0.6) is 0 Å². The molecule has 1 aliphatic rings. The van der Waals surface area contributed by atoms with Gasteiger partial charge in [0.25, 0.3) is 0 Å². The highest BCUT2D eigenvalue weighted by molar-refractivity contribution is 5.80. The number of nitrogen functional groups attached to an aromatic ring is 1. The molecule has 0 amide bonds. The van der Waals surface area contributed by atoms with E-state index in [2.05, 4.69) is 4.99 Å². The van der Waals surface area contributed by atoms with Gasteiger partial charge in [0.05, 0.1) is 0 Å². The standard InChI is InChI=1S/C8H8N2/c9-7-3-1-2-6(4-7)8-5-10-8/h1-5,8H,9H2. The third-order valence-corrected chi connectivity index (χ3v) is 1.55. The molecule has 0 bridgehead atoms. The Balaban J connectivity index is 2.33. The maximum atomic E-state index is 5.57. The van der Waals surface area contributed by atoms with Gasteiger partial charge in [-0.3, -0.25) is 4.99 Å². The molecule has 1 aromatic carbocycles. The molecule has 2 heteroatoms. The second-order valence-electron chi connectivity index (χ2n) is 2.41. The van der Waals surface area contributed by atoms with E-state index in [0.717, 1.165) is 5.69 Å². The van der Waals surface area contributed by atoms with Crippen molar-refractivity contribution in [3.63, 3.8) is 0 Å². The van der Waals surface area contributed by atoms with Crippen molar-refractivity contribution < 1.29 is 0 Å². The van der Waals surface area contributed by atoms with Crippen LogP contribution in [0, 0.1) is 0 Å². The van der Waals surface area contributed by atoms with E-state index >= 15 is 0 Å². The van der Waals surface area contributed by atoms with Crippen LogP contribution in [0.25, 0.3) is 0 Å². The van der Waals surface area contributed by atoms with Crippen LogP contribution in [-0.2, 0) is 0 Å². The summed E-state index contributed by atoms with van der Waals surface area (Å²) in [4.78, 5) is 4.03. The fourth-order valence-electron chi connectivity index (χ4n) is 0.958. The smallest absolute Gasteiger partial charge is 0.109 e. The van der Waals surface area contributed by atoms with E-state index in [4.69, 9.17) is 5.73 Å². The lowest BCUT2D eigenvalue weighted by Crippen LogP contribution is -1.87. The van der Waals surface area contributed by atoms with E-state index in [0.29, 0.717) is 6.04 Å². The molecule has 0 saturated carbocycles. The zero-order chi connectivity index (χ0) is 6.97. The highest BCUT2D eigenvalue weighted by Gasteiger charge is 2.14. The maximum Gasteiger partial charge on any atom is 0.109 e. The van der Waals surface area contributed by atoms with Crippen LogP contribution in [0.15, 0.2) is 29.3 Å². The van der Waals surface area contributed by atoms with Crippen molar-refractivity contribution in [1.29, 1.82) is 0 Å². The SMILES string of the molecule is Nc1cccc(C2C=N2)c1. The minimum Gasteiger partial charge on any atom is -0.399 e. The quantitative estimate of drug-likeness (QED) is 0.576. The van der Waals surface area contributed by atoms with Crippen molar-refractivity contribution >= 4 is 11.9 Å². The molecule has 0 radical (unpaired) electrons. The average Bonchev–Trinajstić information content (AvgIpc) is 2.68. The second kappa shape index (κ2) is 1.84. The van der Waals surface area contributed by atoms with Gasteiger partial charge in [-0.15, -0.1) is 0 Å². The van der Waals surface area contributed by atoms with Gasteiger partial charge in [0.1, 0.15) is 6.04 Å². The van der Waals surface area contributed by atoms with Gasteiger partial charge in [-0.1, -0.05) is 12.1 Å². The predicted octanol–water partition coefficient (Wildman–Crippen LogP) is 1.39. The molecule has 1 aliphatic heterocycles. The summed E-state index contributed by atoms with van der Waals surface area (Å²) in [6, 6.07) is 8.15. The Morgan fingerprint density at radius 2 is 2.20 bits per heavy atom. The molecule has 10 heavy (non-hydrogen) atoms. The molecule has 1 unspecified atom stereocenters. The van der Waals surface area contributed by atoms with Crippen LogP contribution in [0.2, 0.25) is 0 Å². The minimum absolute atomic E-state index is 0.323. The third-order valence-electron chi connectivity index (χ3n) is 1.55. The molecular weight excluding hydrogens is 124 g/mol. The number of hydrogen-bond acceptors (Lipinski definition) is 2. The Hall–Kier alpha value is -1.31. The first kappa shape index (κ1) is 5.47. The van der Waals surface area contributed by atoms with Crippen molar-refractivity contribution in [3.05, 3.63) is 29.8 Å². The first-order valence-corrected chi connectivity index (χ1v) is 3.25. The van der Waals surface area contributed by atoms with Crippen LogP contribution < -0.4 is 5.73 Å². The Labute approximate surface area is 59.4 Å². The van der Waals surface area contributed by atoms with E-state index in [9.17, 15) is 0 Å². The molecule has 0 saturated heterocycles. The molecule has 1 atom stereocenters. The predicted molar refractivity (Wildman–Crippen MR) is 42.1 cm³/mol. The molecule has 2 rings (SSSR count). The van der Waals surface area contributed by atoms with Crippen molar-refractivity contribution in [2.24, 2.45) is 4.99 Å². The highest BCUT2D eigenvalue weighted by atomic mass is 14.9. The van der Waals surface area contributed by atoms with Gasteiger partial charge in [0.2, 0.25) is 0 Å². The lowest BCUT2D eigenvalue weighted by atomic mass is 10.1. The van der Waals surface area contributed by atoms with Crippen LogP contribution in [-0.4, -0.2) is 6.21 Å². The van der Waals surface area contributed by atoms with E-state index in [1.807, 2.05) is 30.5 Å². The zero-order valence-corrected chi connectivity index (χ0v) is 5.49. The van der Waals surface area contributed by atoms with Gasteiger partial charge < -0.3 is 5.73 Å². The van der Waals surface area contributed by atoms with Gasteiger partial charge in [0.15, 0.2) is 0 Å². The molecule has 2 nitrogen and oxygen atoms in total. The maximum absolute atomic E-state index is 5.57. The van der Waals surface area contributed by atoms with Crippen LogP contribution in [0.1, 0.15) is 11.6 Å². The van der Waals surface area contributed by atoms with Crippen LogP contribution in [0.4, 0.5) is 5.69 Å². The molecule has 0 aromatic heterocycles. The fraction of sp³-hybridized carbons (Fsp3) is 0.125. The number of nitrogens with zero attached hydrogens (tertiary/aromatic N) is 1. The van der Waals surface area contributed by atoms with Crippen molar-refractivity contribution in [3.8, 4) is 0 Å². The average molecular weight is 132 g/mol. The van der Waals surface area contributed by atoms with Crippen LogP contribution in [0.3, 0.4) is 0 Å². The minimum atomic E-state index is 0.323. The number of rotatable bonds is 1. The summed E-state index contributed by atoms with van der Waals surface area (Å²) in [5, 5.41) is 0. The Kier molecular flexibility index (Phi) is 1.01. The molecule has 2 N–H and O–H groups in total. The zero-order valence-electron chi connectivity index (χ0n) is 5.49. The number of aliphatic imine (C=N–C) groups is 1. The van der Waals surface area contributed by atoms with Gasteiger partial charge >= 0.3 is 0 Å². The molecule has 0 spiro atoms. The summed E-state index contributed by atoms with van der Waals surface area (Å²) in [6.07, 6.45) is 1.91. The van der Waals surface area contributed by atoms with E-state index in [-0.39, 0.29) is 0 Å². The Morgan fingerprint density at radius 3 is 2.80 bits per heavy atom. The monoisotopic (exact) mass is 132 g/mol. The molecular formula is C8H8N2. The van der Waals surface area contributed by atoms with Gasteiger partial charge in [0, 0.05) is 11.9 Å². The summed E-state index contributed by atoms with van der Waals surface area (Å²) in [5.41, 5.74) is 7.58. The summed E-state index contributed by atoms with van der Waals surface area (Å²) in [5.74, 6) is 0. The normalized spacial score (nSPS) is 21.0. The summed E-state index contributed by atoms with van der Waals surface area (Å²) in [7, 11) is 0. The van der Waals surface area contributed by atoms with E-state index in [1.165, 1.54) is 5.56 Å². The Morgan fingerprint density at radius 1 is 1.40 bits per heavy atom. The number of nitrogens with two attached hydrogens (primary N) is 1. The lowest BCUT2D eigenvalue weighted by Gasteiger charge is -1.96.